The highest BCUT2D eigenvalue weighted by molar-refractivity contribution is 8.00. The fourth-order valence-corrected chi connectivity index (χ4v) is 4.90. The Morgan fingerprint density at radius 3 is 2.85 bits per heavy atom. The summed E-state index contributed by atoms with van der Waals surface area (Å²) in [6, 6.07) is 8.20. The zero-order chi connectivity index (χ0) is 18.7. The molecule has 0 radical (unpaired) electrons. The number of fused-ring (bicyclic) bond motifs is 1. The number of thiophene rings is 1. The van der Waals surface area contributed by atoms with E-state index in [-0.39, 0.29) is 11.3 Å². The summed E-state index contributed by atoms with van der Waals surface area (Å²) in [6.45, 7) is 8.35. The van der Waals surface area contributed by atoms with Crippen molar-refractivity contribution in [3.8, 4) is 0 Å². The minimum Gasteiger partial charge on any atom is -0.335 e. The van der Waals surface area contributed by atoms with Gasteiger partial charge in [-0.2, -0.15) is 0 Å². The lowest BCUT2D eigenvalue weighted by Crippen LogP contribution is -2.19. The summed E-state index contributed by atoms with van der Waals surface area (Å²) in [5.41, 5.74) is 4.39. The van der Waals surface area contributed by atoms with E-state index in [0.717, 1.165) is 29.9 Å². The van der Waals surface area contributed by atoms with Crippen molar-refractivity contribution in [2.45, 2.75) is 45.9 Å². The van der Waals surface area contributed by atoms with Gasteiger partial charge in [0, 0.05) is 22.5 Å². The molecule has 2 aromatic rings. The van der Waals surface area contributed by atoms with E-state index in [2.05, 4.69) is 43.5 Å². The predicted molar refractivity (Wildman–Crippen MR) is 115 cm³/mol. The van der Waals surface area contributed by atoms with Gasteiger partial charge in [-0.25, -0.2) is 0 Å². The third-order valence-corrected chi connectivity index (χ3v) is 6.86. The first-order valence-corrected chi connectivity index (χ1v) is 10.8. The van der Waals surface area contributed by atoms with Crippen LogP contribution in [-0.2, 0) is 11.2 Å². The number of anilines is 2. The van der Waals surface area contributed by atoms with Gasteiger partial charge in [0.05, 0.1) is 5.75 Å². The second-order valence-corrected chi connectivity index (χ2v) is 8.57. The van der Waals surface area contributed by atoms with Gasteiger partial charge in [0.1, 0.15) is 16.2 Å². The number of nitrogens with one attached hydrogen (secondary N) is 2. The summed E-state index contributed by atoms with van der Waals surface area (Å²) in [5.74, 6) is 1.40. The molecule has 26 heavy (non-hydrogen) atoms. The van der Waals surface area contributed by atoms with Gasteiger partial charge in [0.2, 0.25) is 5.91 Å². The fraction of sp³-hybridized carbons (Fsp3) is 0.400. The topological polar surface area (TPSA) is 53.5 Å². The fourth-order valence-electron chi connectivity index (χ4n) is 2.82. The lowest BCUT2D eigenvalue weighted by molar-refractivity contribution is -0.113. The maximum atomic E-state index is 12.4. The first-order chi connectivity index (χ1) is 12.5. The second kappa shape index (κ2) is 8.27. The zero-order valence-corrected chi connectivity index (χ0v) is 17.3. The number of benzene rings is 1. The van der Waals surface area contributed by atoms with Crippen molar-refractivity contribution in [2.75, 3.05) is 16.4 Å². The number of hydrogen-bond donors (Lipinski definition) is 2. The maximum absolute atomic E-state index is 12.4. The second-order valence-electron chi connectivity index (χ2n) is 6.36. The van der Waals surface area contributed by atoms with Gasteiger partial charge in [-0.1, -0.05) is 26.0 Å². The summed E-state index contributed by atoms with van der Waals surface area (Å²) in [6.07, 6.45) is 1.88. The van der Waals surface area contributed by atoms with Crippen molar-refractivity contribution >= 4 is 45.5 Å². The summed E-state index contributed by atoms with van der Waals surface area (Å²) >= 11 is 3.38. The van der Waals surface area contributed by atoms with Crippen LogP contribution in [0.3, 0.4) is 0 Å². The normalized spacial score (nSPS) is 15.8. The summed E-state index contributed by atoms with van der Waals surface area (Å²) in [4.78, 5) is 18.6. The quantitative estimate of drug-likeness (QED) is 0.685. The Morgan fingerprint density at radius 1 is 1.31 bits per heavy atom. The van der Waals surface area contributed by atoms with Crippen LogP contribution in [0.2, 0.25) is 0 Å². The van der Waals surface area contributed by atoms with E-state index < -0.39 is 0 Å². The highest BCUT2D eigenvalue weighted by atomic mass is 32.2. The number of rotatable bonds is 6. The SMILES string of the molecule is CCC1=NC(SCC(=O)Nc2cccc(C)c2C)c2cc(CC)sc2N1. The molecule has 1 unspecified atom stereocenters. The standard InChI is InChI=1S/C20H25N3OS2/c1-5-14-10-15-19(22-17(6-2)23-20(15)26-14)25-11-18(24)21-16-9-7-8-12(3)13(16)4/h7-10,19H,5-6,11H2,1-4H3,(H,21,24)(H,22,23). The molecule has 0 spiro atoms. The minimum absolute atomic E-state index is 0.0119. The van der Waals surface area contributed by atoms with Crippen molar-refractivity contribution in [2.24, 2.45) is 4.99 Å². The number of hydrogen-bond acceptors (Lipinski definition) is 5. The third-order valence-electron chi connectivity index (χ3n) is 4.54. The van der Waals surface area contributed by atoms with Crippen LogP contribution >= 0.6 is 23.1 Å². The number of amidine groups is 1. The molecule has 6 heteroatoms. The maximum Gasteiger partial charge on any atom is 0.234 e. The third kappa shape index (κ3) is 4.13. The highest BCUT2D eigenvalue weighted by Gasteiger charge is 2.24. The number of carbonyl (C=O) groups is 1. The highest BCUT2D eigenvalue weighted by Crippen LogP contribution is 2.43. The van der Waals surface area contributed by atoms with Crippen LogP contribution in [0.4, 0.5) is 10.7 Å². The predicted octanol–water partition coefficient (Wildman–Crippen LogP) is 5.53. The van der Waals surface area contributed by atoms with Crippen LogP contribution in [0, 0.1) is 13.8 Å². The molecule has 0 aliphatic carbocycles. The van der Waals surface area contributed by atoms with E-state index in [0.29, 0.717) is 5.75 Å². The molecule has 2 heterocycles. The van der Waals surface area contributed by atoms with Crippen LogP contribution < -0.4 is 10.6 Å². The minimum atomic E-state index is -0.0119. The molecule has 2 N–H and O–H groups in total. The van der Waals surface area contributed by atoms with Crippen molar-refractivity contribution in [1.29, 1.82) is 0 Å². The average molecular weight is 388 g/mol. The molecule has 0 saturated carbocycles. The number of aryl methyl sites for hydroxylation is 2. The molecule has 0 saturated heterocycles. The van der Waals surface area contributed by atoms with Crippen LogP contribution in [0.25, 0.3) is 0 Å². The van der Waals surface area contributed by atoms with Crippen molar-refractivity contribution in [1.82, 2.24) is 0 Å². The Kier molecular flexibility index (Phi) is 6.04. The molecule has 1 aliphatic heterocycles. The molecule has 138 valence electrons. The van der Waals surface area contributed by atoms with Crippen molar-refractivity contribution < 1.29 is 4.79 Å². The van der Waals surface area contributed by atoms with Crippen LogP contribution in [0.15, 0.2) is 29.3 Å². The van der Waals surface area contributed by atoms with E-state index in [1.54, 1.807) is 23.1 Å². The summed E-state index contributed by atoms with van der Waals surface area (Å²) in [5, 5.41) is 7.63. The molecule has 1 aromatic carbocycles. The molecular weight excluding hydrogens is 362 g/mol. The number of carbonyl (C=O) groups excluding carboxylic acids is 1. The van der Waals surface area contributed by atoms with Gasteiger partial charge in [-0.15, -0.1) is 23.1 Å². The van der Waals surface area contributed by atoms with Crippen LogP contribution in [-0.4, -0.2) is 17.5 Å². The Hall–Kier alpha value is -1.79. The van der Waals surface area contributed by atoms with Gasteiger partial charge in [0.15, 0.2) is 0 Å². The van der Waals surface area contributed by atoms with Gasteiger partial charge >= 0.3 is 0 Å². The monoisotopic (exact) mass is 387 g/mol. The molecular formula is C20H25N3OS2. The van der Waals surface area contributed by atoms with E-state index in [9.17, 15) is 4.79 Å². The zero-order valence-electron chi connectivity index (χ0n) is 15.7. The molecule has 1 aromatic heterocycles. The smallest absolute Gasteiger partial charge is 0.234 e. The molecule has 4 nitrogen and oxygen atoms in total. The molecule has 1 amide bonds. The Labute approximate surface area is 163 Å². The molecule has 3 rings (SSSR count). The number of amides is 1. The molecule has 0 bridgehead atoms. The van der Waals surface area contributed by atoms with E-state index in [4.69, 9.17) is 4.99 Å². The summed E-state index contributed by atoms with van der Waals surface area (Å²) in [7, 11) is 0. The first-order valence-electron chi connectivity index (χ1n) is 8.95. The Balaban J connectivity index is 1.68. The van der Waals surface area contributed by atoms with Gasteiger partial charge < -0.3 is 10.6 Å². The largest absolute Gasteiger partial charge is 0.335 e. The summed E-state index contributed by atoms with van der Waals surface area (Å²) < 4.78 is 0. The first kappa shape index (κ1) is 19.0. The molecule has 0 fully saturated rings. The number of thioether (sulfide) groups is 1. The Morgan fingerprint density at radius 2 is 2.12 bits per heavy atom. The van der Waals surface area contributed by atoms with Crippen molar-refractivity contribution in [3.63, 3.8) is 0 Å². The van der Waals surface area contributed by atoms with Crippen molar-refractivity contribution in [3.05, 3.63) is 45.8 Å². The Bertz CT molecular complexity index is 842. The van der Waals surface area contributed by atoms with Gasteiger partial charge in [-0.05, 0) is 43.5 Å². The van der Waals surface area contributed by atoms with Crippen LogP contribution in [0.1, 0.15) is 47.2 Å². The molecule has 1 aliphatic rings. The van der Waals surface area contributed by atoms with Gasteiger partial charge in [0.25, 0.3) is 0 Å². The van der Waals surface area contributed by atoms with E-state index in [1.165, 1.54) is 21.0 Å². The van der Waals surface area contributed by atoms with Gasteiger partial charge in [-0.3, -0.25) is 9.79 Å². The lowest BCUT2D eigenvalue weighted by atomic mass is 10.1. The molecule has 1 atom stereocenters. The average Bonchev–Trinajstić information content (AvgIpc) is 3.06. The number of aliphatic imine (C=N–C) groups is 1. The van der Waals surface area contributed by atoms with E-state index >= 15 is 0 Å². The van der Waals surface area contributed by atoms with E-state index in [1.807, 2.05) is 19.1 Å². The number of nitrogens with zero attached hydrogens (tertiary/aromatic N) is 1. The van der Waals surface area contributed by atoms with Crippen LogP contribution in [0.5, 0.6) is 0 Å². The lowest BCUT2D eigenvalue weighted by Gasteiger charge is -2.21.